The van der Waals surface area contributed by atoms with Gasteiger partial charge in [0.05, 0.1) is 6.10 Å². The van der Waals surface area contributed by atoms with E-state index in [0.29, 0.717) is 18.9 Å². The number of benzene rings is 1. The van der Waals surface area contributed by atoms with Crippen LogP contribution in [-0.4, -0.2) is 17.6 Å². The fraction of sp³-hybridized carbons (Fsp3) is 0.462. The van der Waals surface area contributed by atoms with Gasteiger partial charge in [0.25, 0.3) is 0 Å². The van der Waals surface area contributed by atoms with Crippen molar-refractivity contribution in [1.82, 2.24) is 0 Å². The lowest BCUT2D eigenvalue weighted by atomic mass is 10.1. The maximum atomic E-state index is 8.62. The molecule has 1 aromatic rings. The van der Waals surface area contributed by atoms with Gasteiger partial charge in [-0.05, 0) is 11.5 Å². The highest BCUT2D eigenvalue weighted by atomic mass is 16.5. The quantitative estimate of drug-likeness (QED) is 0.345. The average Bonchev–Trinajstić information content (AvgIpc) is 2.35. The molecule has 1 aromatic carbocycles. The Bertz CT molecular complexity index is 350. The summed E-state index contributed by atoms with van der Waals surface area (Å²) in [6.45, 7) is 4.83. The van der Waals surface area contributed by atoms with E-state index in [0.717, 1.165) is 5.56 Å². The minimum Gasteiger partial charge on any atom is -0.409 e. The predicted octanol–water partition coefficient (Wildman–Crippen LogP) is 2.54. The van der Waals surface area contributed by atoms with Gasteiger partial charge in [-0.15, -0.1) is 0 Å². The molecule has 1 rings (SSSR count). The van der Waals surface area contributed by atoms with Crippen molar-refractivity contribution < 1.29 is 9.94 Å². The van der Waals surface area contributed by atoms with Gasteiger partial charge in [-0.25, -0.2) is 0 Å². The molecule has 0 aliphatic carbocycles. The van der Waals surface area contributed by atoms with Crippen LogP contribution < -0.4 is 5.73 Å². The molecule has 1 atom stereocenters. The molecule has 0 aliphatic rings. The maximum absolute atomic E-state index is 8.62. The zero-order valence-corrected chi connectivity index (χ0v) is 10.3. The van der Waals surface area contributed by atoms with Crippen LogP contribution in [0.25, 0.3) is 0 Å². The summed E-state index contributed by atoms with van der Waals surface area (Å²) in [4.78, 5) is 0. The van der Waals surface area contributed by atoms with Gasteiger partial charge in [0, 0.05) is 13.0 Å². The lowest BCUT2D eigenvalue weighted by Gasteiger charge is -2.19. The maximum Gasteiger partial charge on any atom is 0.142 e. The van der Waals surface area contributed by atoms with Crippen molar-refractivity contribution in [3.63, 3.8) is 0 Å². The van der Waals surface area contributed by atoms with Gasteiger partial charge in [-0.1, -0.05) is 49.3 Å². The Labute approximate surface area is 102 Å². The van der Waals surface area contributed by atoms with Gasteiger partial charge in [-0.2, -0.15) is 0 Å². The summed E-state index contributed by atoms with van der Waals surface area (Å²) in [6, 6.07) is 9.82. The molecule has 0 spiro atoms. The predicted molar refractivity (Wildman–Crippen MR) is 68.0 cm³/mol. The number of rotatable bonds is 6. The molecule has 1 unspecified atom stereocenters. The zero-order valence-electron chi connectivity index (χ0n) is 10.3. The normalized spacial score (nSPS) is 13.9. The number of ether oxygens (including phenoxy) is 1. The molecule has 17 heavy (non-hydrogen) atoms. The van der Waals surface area contributed by atoms with Crippen LogP contribution in [0.5, 0.6) is 0 Å². The topological polar surface area (TPSA) is 67.8 Å². The molecule has 4 nitrogen and oxygen atoms in total. The van der Waals surface area contributed by atoms with Crippen molar-refractivity contribution in [3.8, 4) is 0 Å². The van der Waals surface area contributed by atoms with Crippen LogP contribution in [-0.2, 0) is 4.74 Å². The first-order valence-electron chi connectivity index (χ1n) is 5.76. The third-order valence-corrected chi connectivity index (χ3v) is 2.33. The molecular formula is C13H20N2O2. The van der Waals surface area contributed by atoms with Crippen LogP contribution >= 0.6 is 0 Å². The first-order valence-corrected chi connectivity index (χ1v) is 5.76. The highest BCUT2D eigenvalue weighted by Crippen LogP contribution is 2.21. The van der Waals surface area contributed by atoms with E-state index < -0.39 is 0 Å². The van der Waals surface area contributed by atoms with E-state index in [1.165, 1.54) is 0 Å². The number of oxime groups is 1. The summed E-state index contributed by atoms with van der Waals surface area (Å²) in [5.74, 6) is 0.635. The van der Waals surface area contributed by atoms with E-state index in [2.05, 4.69) is 19.0 Å². The van der Waals surface area contributed by atoms with Crippen molar-refractivity contribution >= 4 is 5.84 Å². The molecule has 0 aliphatic heterocycles. The fourth-order valence-electron chi connectivity index (χ4n) is 1.48. The number of nitrogens with zero attached hydrogens (tertiary/aromatic N) is 1. The summed E-state index contributed by atoms with van der Waals surface area (Å²) >= 11 is 0. The molecular weight excluding hydrogens is 216 g/mol. The lowest BCUT2D eigenvalue weighted by Crippen LogP contribution is -2.19. The molecule has 0 aromatic heterocycles. The van der Waals surface area contributed by atoms with Crippen LogP contribution in [0.1, 0.15) is 31.9 Å². The SMILES string of the molecule is CC(C)COC(CC(N)=NO)c1ccccc1. The Morgan fingerprint density at radius 1 is 1.35 bits per heavy atom. The lowest BCUT2D eigenvalue weighted by molar-refractivity contribution is 0.0389. The van der Waals surface area contributed by atoms with Crippen molar-refractivity contribution in [2.24, 2.45) is 16.8 Å². The average molecular weight is 236 g/mol. The standard InChI is InChI=1S/C13H20N2O2/c1-10(2)9-17-12(8-13(14)15-16)11-6-4-3-5-7-11/h3-7,10,12,16H,8-9H2,1-2H3,(H2,14,15). The number of hydrogen-bond donors (Lipinski definition) is 2. The zero-order chi connectivity index (χ0) is 12.7. The third kappa shape index (κ3) is 4.87. The van der Waals surface area contributed by atoms with E-state index in [4.69, 9.17) is 15.7 Å². The summed E-state index contributed by atoms with van der Waals surface area (Å²) in [6.07, 6.45) is 0.238. The van der Waals surface area contributed by atoms with Crippen molar-refractivity contribution in [2.75, 3.05) is 6.61 Å². The van der Waals surface area contributed by atoms with Gasteiger partial charge < -0.3 is 15.7 Å². The molecule has 0 heterocycles. The van der Waals surface area contributed by atoms with Crippen LogP contribution in [0.15, 0.2) is 35.5 Å². The molecule has 0 amide bonds. The van der Waals surface area contributed by atoms with Crippen molar-refractivity contribution in [1.29, 1.82) is 0 Å². The van der Waals surface area contributed by atoms with Crippen LogP contribution in [0.2, 0.25) is 0 Å². The van der Waals surface area contributed by atoms with Gasteiger partial charge >= 0.3 is 0 Å². The molecule has 0 saturated heterocycles. The monoisotopic (exact) mass is 236 g/mol. The van der Waals surface area contributed by atoms with Gasteiger partial charge in [0.1, 0.15) is 5.84 Å². The van der Waals surface area contributed by atoms with Gasteiger partial charge in [0.2, 0.25) is 0 Å². The third-order valence-electron chi connectivity index (χ3n) is 2.33. The number of nitrogens with two attached hydrogens (primary N) is 1. The van der Waals surface area contributed by atoms with Gasteiger partial charge in [0.15, 0.2) is 0 Å². The van der Waals surface area contributed by atoms with Crippen molar-refractivity contribution in [2.45, 2.75) is 26.4 Å². The molecule has 0 saturated carbocycles. The van der Waals surface area contributed by atoms with E-state index in [1.54, 1.807) is 0 Å². The minimum absolute atomic E-state index is 0.158. The summed E-state index contributed by atoms with van der Waals surface area (Å²) in [5, 5.41) is 11.6. The molecule has 3 N–H and O–H groups in total. The fourth-order valence-corrected chi connectivity index (χ4v) is 1.48. The molecule has 4 heteroatoms. The Balaban J connectivity index is 2.72. The molecule has 94 valence electrons. The van der Waals surface area contributed by atoms with E-state index in [-0.39, 0.29) is 11.9 Å². The molecule has 0 fully saturated rings. The highest BCUT2D eigenvalue weighted by Gasteiger charge is 2.14. The van der Waals surface area contributed by atoms with E-state index in [1.807, 2.05) is 30.3 Å². The Morgan fingerprint density at radius 2 is 2.00 bits per heavy atom. The minimum atomic E-state index is -0.158. The molecule has 0 bridgehead atoms. The Morgan fingerprint density at radius 3 is 2.53 bits per heavy atom. The van der Waals surface area contributed by atoms with E-state index in [9.17, 15) is 0 Å². The first kappa shape index (κ1) is 13.5. The highest BCUT2D eigenvalue weighted by molar-refractivity contribution is 5.80. The second kappa shape index (κ2) is 6.91. The summed E-state index contributed by atoms with van der Waals surface area (Å²) in [7, 11) is 0. The molecule has 0 radical (unpaired) electrons. The largest absolute Gasteiger partial charge is 0.409 e. The van der Waals surface area contributed by atoms with Crippen LogP contribution in [0, 0.1) is 5.92 Å². The number of amidine groups is 1. The smallest absolute Gasteiger partial charge is 0.142 e. The second-order valence-electron chi connectivity index (χ2n) is 4.42. The van der Waals surface area contributed by atoms with Crippen LogP contribution in [0.3, 0.4) is 0 Å². The second-order valence-corrected chi connectivity index (χ2v) is 4.42. The Kier molecular flexibility index (Phi) is 5.49. The number of hydrogen-bond acceptors (Lipinski definition) is 3. The Hall–Kier alpha value is -1.55. The summed E-state index contributed by atoms with van der Waals surface area (Å²) < 4.78 is 5.79. The van der Waals surface area contributed by atoms with Crippen LogP contribution in [0.4, 0.5) is 0 Å². The van der Waals surface area contributed by atoms with Gasteiger partial charge in [-0.3, -0.25) is 0 Å². The summed E-state index contributed by atoms with van der Waals surface area (Å²) in [5.41, 5.74) is 6.58. The first-order chi connectivity index (χ1) is 8.13. The van der Waals surface area contributed by atoms with E-state index >= 15 is 0 Å². The van der Waals surface area contributed by atoms with Crippen molar-refractivity contribution in [3.05, 3.63) is 35.9 Å².